The molecule has 92 valence electrons. The van der Waals surface area contributed by atoms with Crippen LogP contribution >= 0.6 is 0 Å². The third-order valence-electron chi connectivity index (χ3n) is 3.49. The first-order valence-corrected chi connectivity index (χ1v) is 6.17. The molecular weight excluding hydrogens is 204 g/mol. The van der Waals surface area contributed by atoms with Crippen molar-refractivity contribution in [3.8, 4) is 0 Å². The number of hydrogen-bond donors (Lipinski definition) is 0. The van der Waals surface area contributed by atoms with Crippen molar-refractivity contribution in [2.24, 2.45) is 17.8 Å². The van der Waals surface area contributed by atoms with E-state index in [9.17, 15) is 9.59 Å². The molecule has 1 rings (SSSR count). The number of aldehydes is 1. The molecule has 0 aromatic heterocycles. The van der Waals surface area contributed by atoms with Crippen LogP contribution in [-0.4, -0.2) is 18.4 Å². The molecule has 16 heavy (non-hydrogen) atoms. The average molecular weight is 226 g/mol. The van der Waals surface area contributed by atoms with Crippen molar-refractivity contribution >= 4 is 12.3 Å². The van der Waals surface area contributed by atoms with E-state index in [0.717, 1.165) is 12.8 Å². The minimum atomic E-state index is -0.375. The molecule has 3 heteroatoms. The topological polar surface area (TPSA) is 43.4 Å². The molecule has 0 N–H and O–H groups in total. The molecule has 0 radical (unpaired) electrons. The Labute approximate surface area is 97.5 Å². The van der Waals surface area contributed by atoms with Crippen molar-refractivity contribution in [1.82, 2.24) is 0 Å². The van der Waals surface area contributed by atoms with E-state index in [1.54, 1.807) is 0 Å². The molecule has 1 aliphatic rings. The molecule has 1 fully saturated rings. The summed E-state index contributed by atoms with van der Waals surface area (Å²) in [6.07, 6.45) is 3.78. The Balaban J connectivity index is 2.57. The minimum absolute atomic E-state index is 0.0104. The largest absolute Gasteiger partial charge is 0.462 e. The smallest absolute Gasteiger partial charge is 0.313 e. The predicted molar refractivity (Wildman–Crippen MR) is 61.9 cm³/mol. The summed E-state index contributed by atoms with van der Waals surface area (Å²) in [5, 5.41) is 0. The monoisotopic (exact) mass is 226 g/mol. The summed E-state index contributed by atoms with van der Waals surface area (Å²) in [5.74, 6) is 1.22. The SMILES string of the molecule is CC1CCC(C(C)C)C(OC(=O)CC=O)C1. The fourth-order valence-corrected chi connectivity index (χ4v) is 2.54. The van der Waals surface area contributed by atoms with Gasteiger partial charge in [-0.3, -0.25) is 4.79 Å². The van der Waals surface area contributed by atoms with Gasteiger partial charge >= 0.3 is 5.97 Å². The highest BCUT2D eigenvalue weighted by Crippen LogP contribution is 2.35. The van der Waals surface area contributed by atoms with Crippen molar-refractivity contribution < 1.29 is 14.3 Å². The molecular formula is C13H22O3. The Hall–Kier alpha value is -0.860. The van der Waals surface area contributed by atoms with Gasteiger partial charge in [0.2, 0.25) is 0 Å². The summed E-state index contributed by atoms with van der Waals surface area (Å²) < 4.78 is 5.41. The van der Waals surface area contributed by atoms with Crippen LogP contribution in [0.2, 0.25) is 0 Å². The number of rotatable bonds is 4. The molecule has 0 spiro atoms. The first-order valence-electron chi connectivity index (χ1n) is 6.17. The first-order chi connectivity index (χ1) is 7.54. The van der Waals surface area contributed by atoms with E-state index in [-0.39, 0.29) is 18.5 Å². The van der Waals surface area contributed by atoms with E-state index >= 15 is 0 Å². The minimum Gasteiger partial charge on any atom is -0.462 e. The molecule has 0 saturated heterocycles. The summed E-state index contributed by atoms with van der Waals surface area (Å²) in [5.41, 5.74) is 0. The third kappa shape index (κ3) is 3.62. The molecule has 0 aromatic carbocycles. The zero-order chi connectivity index (χ0) is 12.1. The van der Waals surface area contributed by atoms with Crippen LogP contribution in [0.5, 0.6) is 0 Å². The summed E-state index contributed by atoms with van der Waals surface area (Å²) in [6, 6.07) is 0. The Bertz CT molecular complexity index is 248. The van der Waals surface area contributed by atoms with Crippen LogP contribution in [-0.2, 0) is 14.3 Å². The van der Waals surface area contributed by atoms with Crippen LogP contribution in [0.25, 0.3) is 0 Å². The lowest BCUT2D eigenvalue weighted by Crippen LogP contribution is -2.35. The highest BCUT2D eigenvalue weighted by atomic mass is 16.5. The average Bonchev–Trinajstić information content (AvgIpc) is 2.17. The molecule has 0 bridgehead atoms. The normalized spacial score (nSPS) is 30.1. The number of carbonyl (C=O) groups is 2. The molecule has 3 unspecified atom stereocenters. The number of esters is 1. The zero-order valence-corrected chi connectivity index (χ0v) is 10.4. The molecule has 0 heterocycles. The number of carbonyl (C=O) groups excluding carboxylic acids is 2. The molecule has 1 saturated carbocycles. The van der Waals surface area contributed by atoms with Crippen LogP contribution in [0.1, 0.15) is 46.5 Å². The molecule has 0 amide bonds. The van der Waals surface area contributed by atoms with Gasteiger partial charge in [0.25, 0.3) is 0 Å². The summed E-state index contributed by atoms with van der Waals surface area (Å²) >= 11 is 0. The van der Waals surface area contributed by atoms with Crippen molar-refractivity contribution in [2.45, 2.75) is 52.6 Å². The van der Waals surface area contributed by atoms with Gasteiger partial charge in [-0.05, 0) is 30.6 Å². The van der Waals surface area contributed by atoms with Crippen LogP contribution in [0.15, 0.2) is 0 Å². The zero-order valence-electron chi connectivity index (χ0n) is 10.4. The highest BCUT2D eigenvalue weighted by Gasteiger charge is 2.33. The lowest BCUT2D eigenvalue weighted by atomic mass is 9.75. The van der Waals surface area contributed by atoms with E-state index in [4.69, 9.17) is 4.74 Å². The van der Waals surface area contributed by atoms with Gasteiger partial charge in [0.15, 0.2) is 0 Å². The van der Waals surface area contributed by atoms with Gasteiger partial charge in [-0.2, -0.15) is 0 Å². The van der Waals surface area contributed by atoms with Crippen LogP contribution in [0.3, 0.4) is 0 Å². The predicted octanol–water partition coefficient (Wildman–Crippen LogP) is 2.58. The summed E-state index contributed by atoms with van der Waals surface area (Å²) in [4.78, 5) is 21.6. The van der Waals surface area contributed by atoms with E-state index in [0.29, 0.717) is 24.0 Å². The van der Waals surface area contributed by atoms with Gasteiger partial charge in [0, 0.05) is 0 Å². The van der Waals surface area contributed by atoms with Gasteiger partial charge in [-0.15, -0.1) is 0 Å². The standard InChI is InChI=1S/C13H22O3/c1-9(2)11-5-4-10(3)8-12(11)16-13(15)6-7-14/h7,9-12H,4-6,8H2,1-3H3. The molecule has 0 aromatic rings. The van der Waals surface area contributed by atoms with Crippen molar-refractivity contribution in [1.29, 1.82) is 0 Å². The number of hydrogen-bond acceptors (Lipinski definition) is 3. The maximum atomic E-state index is 11.3. The van der Waals surface area contributed by atoms with Crippen LogP contribution in [0, 0.1) is 17.8 Å². The van der Waals surface area contributed by atoms with Crippen LogP contribution < -0.4 is 0 Å². The third-order valence-corrected chi connectivity index (χ3v) is 3.49. The van der Waals surface area contributed by atoms with Crippen molar-refractivity contribution in [3.63, 3.8) is 0 Å². The fraction of sp³-hybridized carbons (Fsp3) is 0.846. The van der Waals surface area contributed by atoms with Gasteiger partial charge in [-0.25, -0.2) is 0 Å². The van der Waals surface area contributed by atoms with Gasteiger partial charge in [0.05, 0.1) is 0 Å². The van der Waals surface area contributed by atoms with Gasteiger partial charge < -0.3 is 9.53 Å². The van der Waals surface area contributed by atoms with E-state index in [2.05, 4.69) is 20.8 Å². The van der Waals surface area contributed by atoms with Crippen LogP contribution in [0.4, 0.5) is 0 Å². The molecule has 3 atom stereocenters. The highest BCUT2D eigenvalue weighted by molar-refractivity contribution is 5.83. The Morgan fingerprint density at radius 1 is 1.44 bits per heavy atom. The molecule has 3 nitrogen and oxygen atoms in total. The fourth-order valence-electron chi connectivity index (χ4n) is 2.54. The van der Waals surface area contributed by atoms with Gasteiger partial charge in [0.1, 0.15) is 18.8 Å². The maximum Gasteiger partial charge on any atom is 0.313 e. The van der Waals surface area contributed by atoms with Crippen molar-refractivity contribution in [3.05, 3.63) is 0 Å². The second-order valence-corrected chi connectivity index (χ2v) is 5.23. The Morgan fingerprint density at radius 3 is 2.69 bits per heavy atom. The first kappa shape index (κ1) is 13.2. The van der Waals surface area contributed by atoms with Gasteiger partial charge in [-0.1, -0.05) is 27.2 Å². The Morgan fingerprint density at radius 2 is 2.12 bits per heavy atom. The quantitative estimate of drug-likeness (QED) is 0.420. The lowest BCUT2D eigenvalue weighted by Gasteiger charge is -2.36. The second-order valence-electron chi connectivity index (χ2n) is 5.23. The molecule has 0 aliphatic heterocycles. The van der Waals surface area contributed by atoms with E-state index in [1.807, 2.05) is 0 Å². The Kier molecular flexibility index (Phi) is 4.97. The second kappa shape index (κ2) is 6.02. The summed E-state index contributed by atoms with van der Waals surface area (Å²) in [7, 11) is 0. The summed E-state index contributed by atoms with van der Waals surface area (Å²) in [6.45, 7) is 6.53. The van der Waals surface area contributed by atoms with Crippen molar-refractivity contribution in [2.75, 3.05) is 0 Å². The maximum absolute atomic E-state index is 11.3. The van der Waals surface area contributed by atoms with E-state index < -0.39 is 0 Å². The molecule has 1 aliphatic carbocycles. The van der Waals surface area contributed by atoms with E-state index in [1.165, 1.54) is 6.42 Å². The lowest BCUT2D eigenvalue weighted by molar-refractivity contribution is -0.156. The number of ether oxygens (including phenoxy) is 1.